The average Bonchev–Trinajstić information content (AvgIpc) is 2.75. The molecule has 0 bridgehead atoms. The molecule has 1 saturated carbocycles. The third-order valence-corrected chi connectivity index (χ3v) is 4.17. The minimum absolute atomic E-state index is 0.176. The summed E-state index contributed by atoms with van der Waals surface area (Å²) in [5, 5.41) is 3.47. The molecule has 0 amide bonds. The first-order valence-corrected chi connectivity index (χ1v) is 6.26. The van der Waals surface area contributed by atoms with Crippen LogP contribution in [0.25, 0.3) is 0 Å². The summed E-state index contributed by atoms with van der Waals surface area (Å²) in [6.45, 7) is 7.40. The molecule has 1 aliphatic carbocycles. The largest absolute Gasteiger partial charge is 0.377 e. The maximum absolute atomic E-state index is 5.77. The third-order valence-electron chi connectivity index (χ3n) is 4.17. The lowest BCUT2D eigenvalue weighted by Gasteiger charge is -2.54. The third kappa shape index (κ3) is 1.62. The predicted octanol–water partition coefficient (Wildman–Crippen LogP) is 2.01. The van der Waals surface area contributed by atoms with E-state index in [2.05, 4.69) is 29.1 Å². The molecule has 1 aromatic heterocycles. The summed E-state index contributed by atoms with van der Waals surface area (Å²) in [7, 11) is 0. The van der Waals surface area contributed by atoms with Crippen LogP contribution in [-0.2, 0) is 4.74 Å². The summed E-state index contributed by atoms with van der Waals surface area (Å²) in [6.07, 6.45) is 5.26. The van der Waals surface area contributed by atoms with Crippen molar-refractivity contribution in [2.24, 2.45) is 11.3 Å². The molecule has 2 aliphatic rings. The van der Waals surface area contributed by atoms with Gasteiger partial charge in [0.05, 0.1) is 6.10 Å². The fraction of sp³-hybridized carbons (Fsp3) is 0.692. The quantitative estimate of drug-likeness (QED) is 0.849. The van der Waals surface area contributed by atoms with Crippen molar-refractivity contribution >= 4 is 5.95 Å². The number of hydrogen-bond acceptors (Lipinski definition) is 4. The topological polar surface area (TPSA) is 47.0 Å². The molecule has 4 heteroatoms. The summed E-state index contributed by atoms with van der Waals surface area (Å²) < 4.78 is 5.77. The van der Waals surface area contributed by atoms with Crippen molar-refractivity contribution in [1.82, 2.24) is 9.97 Å². The minimum atomic E-state index is 0.176. The van der Waals surface area contributed by atoms with Gasteiger partial charge in [-0.25, -0.2) is 9.97 Å². The van der Waals surface area contributed by atoms with Crippen molar-refractivity contribution < 1.29 is 4.74 Å². The van der Waals surface area contributed by atoms with E-state index in [9.17, 15) is 0 Å². The Morgan fingerprint density at radius 1 is 1.35 bits per heavy atom. The molecule has 3 rings (SSSR count). The van der Waals surface area contributed by atoms with Crippen molar-refractivity contribution in [2.45, 2.75) is 39.3 Å². The standard InChI is InChI=1S/C13H19N3O/c1-8-6-14-12(15-7-8)16-10-9-4-5-17-11(9)13(10,2)3/h6-7,9-11H,4-5H2,1-3H3,(H,14,15,16). The molecule has 3 atom stereocenters. The van der Waals surface area contributed by atoms with E-state index in [1.807, 2.05) is 19.3 Å². The molecule has 1 aliphatic heterocycles. The van der Waals surface area contributed by atoms with Crippen LogP contribution in [0, 0.1) is 18.3 Å². The molecule has 3 unspecified atom stereocenters. The van der Waals surface area contributed by atoms with Crippen LogP contribution in [0.5, 0.6) is 0 Å². The molecular formula is C13H19N3O. The van der Waals surface area contributed by atoms with Crippen LogP contribution in [-0.4, -0.2) is 28.7 Å². The van der Waals surface area contributed by atoms with Crippen molar-refractivity contribution in [3.63, 3.8) is 0 Å². The summed E-state index contributed by atoms with van der Waals surface area (Å²) in [5.41, 5.74) is 1.26. The van der Waals surface area contributed by atoms with Crippen LogP contribution in [0.15, 0.2) is 12.4 Å². The normalized spacial score (nSPS) is 33.9. The van der Waals surface area contributed by atoms with E-state index >= 15 is 0 Å². The average molecular weight is 233 g/mol. The van der Waals surface area contributed by atoms with Crippen LogP contribution < -0.4 is 5.32 Å². The molecule has 92 valence electrons. The van der Waals surface area contributed by atoms with Crippen LogP contribution in [0.1, 0.15) is 25.8 Å². The second-order valence-corrected chi connectivity index (χ2v) is 5.77. The minimum Gasteiger partial charge on any atom is -0.377 e. The van der Waals surface area contributed by atoms with Crippen LogP contribution in [0.2, 0.25) is 0 Å². The number of rotatable bonds is 2. The van der Waals surface area contributed by atoms with E-state index in [1.165, 1.54) is 0 Å². The lowest BCUT2D eigenvalue weighted by molar-refractivity contribution is -0.0925. The molecule has 2 fully saturated rings. The number of nitrogens with one attached hydrogen (secondary N) is 1. The lowest BCUT2D eigenvalue weighted by Crippen LogP contribution is -2.63. The zero-order chi connectivity index (χ0) is 12.0. The Morgan fingerprint density at radius 2 is 2.06 bits per heavy atom. The highest BCUT2D eigenvalue weighted by molar-refractivity contribution is 5.32. The zero-order valence-electron chi connectivity index (χ0n) is 10.6. The van der Waals surface area contributed by atoms with Crippen LogP contribution in [0.4, 0.5) is 5.95 Å². The van der Waals surface area contributed by atoms with Gasteiger partial charge < -0.3 is 10.1 Å². The number of hydrogen-bond donors (Lipinski definition) is 1. The van der Waals surface area contributed by atoms with Gasteiger partial charge in [0.25, 0.3) is 0 Å². The Bertz CT molecular complexity index is 415. The molecule has 1 aromatic rings. The first-order valence-electron chi connectivity index (χ1n) is 6.26. The molecule has 1 saturated heterocycles. The highest BCUT2D eigenvalue weighted by Gasteiger charge is 2.59. The first kappa shape index (κ1) is 11.0. The van der Waals surface area contributed by atoms with E-state index in [0.29, 0.717) is 18.1 Å². The van der Waals surface area contributed by atoms with Gasteiger partial charge >= 0.3 is 0 Å². The number of nitrogens with zero attached hydrogens (tertiary/aromatic N) is 2. The number of fused-ring (bicyclic) bond motifs is 1. The molecular weight excluding hydrogens is 214 g/mol. The Morgan fingerprint density at radius 3 is 2.76 bits per heavy atom. The van der Waals surface area contributed by atoms with Gasteiger partial charge in [-0.3, -0.25) is 0 Å². The molecule has 17 heavy (non-hydrogen) atoms. The second kappa shape index (κ2) is 3.67. The number of anilines is 1. The van der Waals surface area contributed by atoms with Crippen molar-refractivity contribution in [2.75, 3.05) is 11.9 Å². The predicted molar refractivity (Wildman–Crippen MR) is 65.8 cm³/mol. The van der Waals surface area contributed by atoms with Gasteiger partial charge in [0.15, 0.2) is 0 Å². The van der Waals surface area contributed by atoms with E-state index in [4.69, 9.17) is 4.74 Å². The maximum Gasteiger partial charge on any atom is 0.222 e. The maximum atomic E-state index is 5.77. The molecule has 4 nitrogen and oxygen atoms in total. The van der Waals surface area contributed by atoms with Crippen LogP contribution in [0.3, 0.4) is 0 Å². The number of aromatic nitrogens is 2. The van der Waals surface area contributed by atoms with Crippen molar-refractivity contribution in [3.8, 4) is 0 Å². The molecule has 0 radical (unpaired) electrons. The zero-order valence-corrected chi connectivity index (χ0v) is 10.6. The smallest absolute Gasteiger partial charge is 0.222 e. The number of aryl methyl sites for hydroxylation is 1. The lowest BCUT2D eigenvalue weighted by atomic mass is 9.57. The van der Waals surface area contributed by atoms with E-state index in [-0.39, 0.29) is 5.41 Å². The van der Waals surface area contributed by atoms with Gasteiger partial charge in [0.2, 0.25) is 5.95 Å². The monoisotopic (exact) mass is 233 g/mol. The van der Waals surface area contributed by atoms with E-state index in [1.54, 1.807) is 0 Å². The van der Waals surface area contributed by atoms with Gasteiger partial charge in [0, 0.05) is 36.4 Å². The molecule has 0 spiro atoms. The van der Waals surface area contributed by atoms with Crippen LogP contribution >= 0.6 is 0 Å². The summed E-state index contributed by atoms with van der Waals surface area (Å²) in [5.74, 6) is 1.36. The Kier molecular flexibility index (Phi) is 2.36. The van der Waals surface area contributed by atoms with Gasteiger partial charge in [-0.1, -0.05) is 13.8 Å². The highest BCUT2D eigenvalue weighted by atomic mass is 16.5. The van der Waals surface area contributed by atoms with E-state index < -0.39 is 0 Å². The fourth-order valence-corrected chi connectivity index (χ4v) is 3.22. The fourth-order valence-electron chi connectivity index (χ4n) is 3.22. The SMILES string of the molecule is Cc1cnc(NC2C3CCOC3C2(C)C)nc1. The highest BCUT2D eigenvalue weighted by Crippen LogP contribution is 2.52. The Balaban J connectivity index is 1.75. The number of ether oxygens (including phenoxy) is 1. The van der Waals surface area contributed by atoms with Gasteiger partial charge in [0.1, 0.15) is 0 Å². The summed E-state index contributed by atoms with van der Waals surface area (Å²) in [6, 6.07) is 0.428. The first-order chi connectivity index (χ1) is 8.09. The molecule has 2 heterocycles. The molecule has 0 aromatic carbocycles. The molecule has 1 N–H and O–H groups in total. The summed E-state index contributed by atoms with van der Waals surface area (Å²) >= 11 is 0. The Hall–Kier alpha value is -1.16. The van der Waals surface area contributed by atoms with E-state index in [0.717, 1.165) is 24.5 Å². The second-order valence-electron chi connectivity index (χ2n) is 5.77. The van der Waals surface area contributed by atoms with Gasteiger partial charge in [-0.05, 0) is 18.9 Å². The van der Waals surface area contributed by atoms with Crippen molar-refractivity contribution in [3.05, 3.63) is 18.0 Å². The summed E-state index contributed by atoms with van der Waals surface area (Å²) in [4.78, 5) is 8.63. The van der Waals surface area contributed by atoms with Crippen molar-refractivity contribution in [1.29, 1.82) is 0 Å². The van der Waals surface area contributed by atoms with Gasteiger partial charge in [-0.15, -0.1) is 0 Å². The Labute approximate surface area is 102 Å². The van der Waals surface area contributed by atoms with Gasteiger partial charge in [-0.2, -0.15) is 0 Å².